The van der Waals surface area contributed by atoms with Crippen LogP contribution in [0.5, 0.6) is 11.8 Å². The van der Waals surface area contributed by atoms with E-state index in [0.717, 1.165) is 50.9 Å². The number of likely N-dealkylation sites (tertiary alicyclic amines) is 1. The topological polar surface area (TPSA) is 152 Å². The Morgan fingerprint density at radius 1 is 1.20 bits per heavy atom. The van der Waals surface area contributed by atoms with Gasteiger partial charge in [0.05, 0.1) is 13.2 Å². The first-order chi connectivity index (χ1) is 19.9. The lowest BCUT2D eigenvalue weighted by molar-refractivity contribution is -0.134. The van der Waals surface area contributed by atoms with Crippen LogP contribution in [0.4, 0.5) is 5.82 Å². The highest BCUT2D eigenvalue weighted by Gasteiger charge is 2.25. The molecule has 1 aromatic carbocycles. The van der Waals surface area contributed by atoms with Crippen molar-refractivity contribution in [2.75, 3.05) is 45.1 Å². The zero-order valence-corrected chi connectivity index (χ0v) is 24.2. The molecular formula is C29H43N7O5. The van der Waals surface area contributed by atoms with E-state index >= 15 is 0 Å². The molecule has 0 spiro atoms. The summed E-state index contributed by atoms with van der Waals surface area (Å²) < 4.78 is 12.7. The van der Waals surface area contributed by atoms with Gasteiger partial charge < -0.3 is 30.2 Å². The lowest BCUT2D eigenvalue weighted by Crippen LogP contribution is -2.45. The second-order valence-electron chi connectivity index (χ2n) is 10.5. The van der Waals surface area contributed by atoms with Gasteiger partial charge in [-0.3, -0.25) is 14.3 Å². The van der Waals surface area contributed by atoms with Gasteiger partial charge in [0.1, 0.15) is 11.3 Å². The van der Waals surface area contributed by atoms with Gasteiger partial charge >= 0.3 is 17.7 Å². The molecule has 1 aliphatic rings. The number of ether oxygens (including phenoxy) is 2. The summed E-state index contributed by atoms with van der Waals surface area (Å²) in [4.78, 5) is 40.9. The molecule has 2 aromatic heterocycles. The second-order valence-corrected chi connectivity index (χ2v) is 10.5. The fraction of sp³-hybridized carbons (Fsp3) is 0.586. The van der Waals surface area contributed by atoms with Crippen LogP contribution in [-0.4, -0.2) is 85.8 Å². The zero-order valence-electron chi connectivity index (χ0n) is 24.2. The molecule has 0 aliphatic carbocycles. The highest BCUT2D eigenvalue weighted by Crippen LogP contribution is 2.23. The van der Waals surface area contributed by atoms with Gasteiger partial charge in [-0.15, -0.1) is 0 Å². The number of rotatable bonds is 15. The van der Waals surface area contributed by atoms with Crippen LogP contribution in [0.15, 0.2) is 29.1 Å². The average molecular weight is 570 g/mol. The Balaban J connectivity index is 1.48. The normalized spacial score (nSPS) is 14.6. The highest BCUT2D eigenvalue weighted by molar-refractivity contribution is 5.81. The van der Waals surface area contributed by atoms with Gasteiger partial charge in [-0.25, -0.2) is 4.79 Å². The fourth-order valence-electron chi connectivity index (χ4n) is 5.23. The fourth-order valence-corrected chi connectivity index (χ4v) is 5.23. The van der Waals surface area contributed by atoms with Gasteiger partial charge in [0, 0.05) is 38.6 Å². The quantitative estimate of drug-likeness (QED) is 0.141. The number of hydrogen-bond donors (Lipinski definition) is 3. The summed E-state index contributed by atoms with van der Waals surface area (Å²) in [6.45, 7) is 8.94. The predicted octanol–water partition coefficient (Wildman–Crippen LogP) is 2.55. The van der Waals surface area contributed by atoms with E-state index in [1.807, 2.05) is 18.2 Å². The first kappa shape index (κ1) is 30.5. The molecule has 41 heavy (non-hydrogen) atoms. The number of aromatic amines is 1. The number of esters is 1. The number of piperidine rings is 1. The number of hydrogen-bond acceptors (Lipinski definition) is 10. The molecule has 0 radical (unpaired) electrons. The van der Waals surface area contributed by atoms with Gasteiger partial charge in [-0.1, -0.05) is 32.4 Å². The number of unbranched alkanes of at least 4 members (excludes halogenated alkanes) is 1. The number of nitrogens with two attached hydrogens (primary N) is 1. The highest BCUT2D eigenvalue weighted by atomic mass is 16.5. The van der Waals surface area contributed by atoms with Gasteiger partial charge in [0.2, 0.25) is 0 Å². The molecule has 3 heterocycles. The first-order valence-corrected chi connectivity index (χ1v) is 14.7. The number of carbonyl (C=O) groups excluding carboxylic acids is 1. The number of nitrogens with zero attached hydrogens (tertiary/aromatic N) is 5. The number of nitrogen functional groups attached to an aromatic ring is 1. The summed E-state index contributed by atoms with van der Waals surface area (Å²) in [5.74, 6) is 0.478. The van der Waals surface area contributed by atoms with E-state index in [2.05, 4.69) is 31.7 Å². The number of aromatic nitrogens is 4. The second kappa shape index (κ2) is 14.9. The van der Waals surface area contributed by atoms with Crippen LogP contribution in [0.25, 0.3) is 11.2 Å². The Bertz CT molecular complexity index is 1330. The number of carbonyl (C=O) groups is 1. The number of aliphatic hydroxyl groups excluding tert-OH is 1. The molecule has 12 heteroatoms. The van der Waals surface area contributed by atoms with Crippen molar-refractivity contribution in [1.29, 1.82) is 0 Å². The first-order valence-electron chi connectivity index (χ1n) is 14.7. The van der Waals surface area contributed by atoms with Crippen molar-refractivity contribution in [3.63, 3.8) is 0 Å². The van der Waals surface area contributed by atoms with E-state index in [4.69, 9.17) is 15.2 Å². The number of β-amino-alcohol motifs (C(OH)–C–C–N with tert-alkyl or cyclic N) is 1. The van der Waals surface area contributed by atoms with Gasteiger partial charge in [-0.05, 0) is 56.5 Å². The van der Waals surface area contributed by atoms with Crippen LogP contribution in [0.3, 0.4) is 0 Å². The summed E-state index contributed by atoms with van der Waals surface area (Å²) in [7, 11) is 0. The van der Waals surface area contributed by atoms with Gasteiger partial charge in [0.15, 0.2) is 11.5 Å². The van der Waals surface area contributed by atoms with Crippen LogP contribution in [0, 0.1) is 0 Å². The number of H-pyrrole nitrogens is 1. The third-order valence-corrected chi connectivity index (χ3v) is 7.48. The number of imidazole rings is 1. The van der Waals surface area contributed by atoms with E-state index in [-0.39, 0.29) is 30.1 Å². The maximum Gasteiger partial charge on any atom is 0.327 e. The largest absolute Gasteiger partial charge is 0.463 e. The van der Waals surface area contributed by atoms with E-state index in [1.54, 1.807) is 17.6 Å². The molecule has 0 saturated carbocycles. The minimum Gasteiger partial charge on any atom is -0.463 e. The molecule has 12 nitrogen and oxygen atoms in total. The maximum atomic E-state index is 12.8. The number of anilines is 1. The predicted molar refractivity (Wildman–Crippen MR) is 157 cm³/mol. The summed E-state index contributed by atoms with van der Waals surface area (Å²) in [5, 5.41) is 9.34. The van der Waals surface area contributed by atoms with Gasteiger partial charge in [0.25, 0.3) is 0 Å². The molecule has 3 aromatic rings. The molecule has 1 saturated heterocycles. The van der Waals surface area contributed by atoms with E-state index in [0.29, 0.717) is 62.0 Å². The van der Waals surface area contributed by atoms with E-state index in [1.165, 1.54) is 0 Å². The van der Waals surface area contributed by atoms with Crippen molar-refractivity contribution < 1.29 is 19.4 Å². The summed E-state index contributed by atoms with van der Waals surface area (Å²) in [6, 6.07) is 8.20. The van der Waals surface area contributed by atoms with Crippen molar-refractivity contribution in [3.05, 3.63) is 40.3 Å². The lowest BCUT2D eigenvalue weighted by Gasteiger charge is -2.38. The molecule has 0 bridgehead atoms. The van der Waals surface area contributed by atoms with Crippen molar-refractivity contribution in [2.45, 2.75) is 71.5 Å². The number of nitrogens with one attached hydrogen (secondary N) is 1. The van der Waals surface area contributed by atoms with Crippen LogP contribution < -0.4 is 20.9 Å². The smallest absolute Gasteiger partial charge is 0.327 e. The minimum atomic E-state index is -0.277. The molecule has 0 amide bonds. The molecule has 0 atom stereocenters. The Kier molecular flexibility index (Phi) is 11.1. The Labute approximate surface area is 240 Å². The number of aryl methyl sites for hydroxylation is 1. The maximum absolute atomic E-state index is 12.8. The molecule has 0 unspecified atom stereocenters. The third kappa shape index (κ3) is 8.27. The summed E-state index contributed by atoms with van der Waals surface area (Å²) in [5.41, 5.74) is 7.76. The lowest BCUT2D eigenvalue weighted by atomic mass is 10.0. The van der Waals surface area contributed by atoms with Crippen molar-refractivity contribution >= 4 is 23.0 Å². The average Bonchev–Trinajstić information content (AvgIpc) is 3.29. The monoisotopic (exact) mass is 569 g/mol. The van der Waals surface area contributed by atoms with E-state index in [9.17, 15) is 14.7 Å². The zero-order chi connectivity index (χ0) is 29.2. The SMILES string of the molecule is CCCCOc1nc(N)c2[nH]c(=O)n(CCCN(Cc3cccc(OC(=O)CC)c3)C3CCN(CCO)CC3)c2n1. The van der Waals surface area contributed by atoms with Crippen LogP contribution in [0.1, 0.15) is 57.9 Å². The van der Waals surface area contributed by atoms with Crippen molar-refractivity contribution in [2.24, 2.45) is 0 Å². The molecule has 224 valence electrons. The van der Waals surface area contributed by atoms with Crippen molar-refractivity contribution in [1.82, 2.24) is 29.3 Å². The standard InChI is InChI=1S/C29H43N7O5/c1-3-5-18-40-28-32-26(30)25-27(33-28)36(29(39)31-25)13-7-12-35(22-10-14-34(15-11-22)16-17-37)20-21-8-6-9-23(19-21)41-24(38)4-2/h6,8-9,19,22,37H,3-5,7,10-18,20H2,1-2H3,(H,31,39)(H2,30,32,33). The molecule has 4 rings (SSSR count). The molecule has 1 aliphatic heterocycles. The number of fused-ring (bicyclic) bond motifs is 1. The van der Waals surface area contributed by atoms with Crippen LogP contribution in [0.2, 0.25) is 0 Å². The summed E-state index contributed by atoms with van der Waals surface area (Å²) >= 11 is 0. The summed E-state index contributed by atoms with van der Waals surface area (Å²) in [6.07, 6.45) is 4.86. The minimum absolute atomic E-state index is 0.163. The molecule has 1 fully saturated rings. The number of benzene rings is 1. The van der Waals surface area contributed by atoms with Crippen molar-refractivity contribution in [3.8, 4) is 11.8 Å². The number of aliphatic hydroxyl groups is 1. The Morgan fingerprint density at radius 3 is 2.73 bits per heavy atom. The third-order valence-electron chi connectivity index (χ3n) is 7.48. The van der Waals surface area contributed by atoms with Crippen LogP contribution >= 0.6 is 0 Å². The van der Waals surface area contributed by atoms with Gasteiger partial charge in [-0.2, -0.15) is 9.97 Å². The Morgan fingerprint density at radius 2 is 2.00 bits per heavy atom. The molecule has 4 N–H and O–H groups in total. The van der Waals surface area contributed by atoms with Crippen LogP contribution in [-0.2, 0) is 17.9 Å². The molecular weight excluding hydrogens is 526 g/mol. The van der Waals surface area contributed by atoms with E-state index < -0.39 is 0 Å². The Hall–Kier alpha value is -3.48.